The van der Waals surface area contributed by atoms with Crippen molar-refractivity contribution in [3.8, 4) is 0 Å². The van der Waals surface area contributed by atoms with E-state index in [0.29, 0.717) is 26.4 Å². The van der Waals surface area contributed by atoms with Crippen LogP contribution in [-0.2, 0) is 14.2 Å². The van der Waals surface area contributed by atoms with Gasteiger partial charge in [0, 0.05) is 13.7 Å². The van der Waals surface area contributed by atoms with E-state index in [0.717, 1.165) is 25.6 Å². The normalized spacial score (nSPS) is 12.8. The Morgan fingerprint density at radius 3 is 2.26 bits per heavy atom. The van der Waals surface area contributed by atoms with Crippen molar-refractivity contribution in [2.24, 2.45) is 5.92 Å². The predicted octanol–water partition coefficient (Wildman–Crippen LogP) is 2.47. The third-order valence-electron chi connectivity index (χ3n) is 3.20. The van der Waals surface area contributed by atoms with Gasteiger partial charge in [0.1, 0.15) is 0 Å². The van der Waals surface area contributed by atoms with E-state index in [4.69, 9.17) is 14.2 Å². The van der Waals surface area contributed by atoms with Crippen molar-refractivity contribution >= 4 is 0 Å². The number of ether oxygens (including phenoxy) is 3. The van der Waals surface area contributed by atoms with Crippen LogP contribution in [0, 0.1) is 5.92 Å². The summed E-state index contributed by atoms with van der Waals surface area (Å²) in [5.41, 5.74) is 0. The highest BCUT2D eigenvalue weighted by Gasteiger charge is 2.04. The summed E-state index contributed by atoms with van der Waals surface area (Å²) in [5, 5.41) is 3.47. The lowest BCUT2D eigenvalue weighted by molar-refractivity contribution is 0.0254. The molecular weight excluding hydrogens is 242 g/mol. The zero-order chi connectivity index (χ0) is 14.2. The van der Waals surface area contributed by atoms with Crippen molar-refractivity contribution in [3.63, 3.8) is 0 Å². The number of hydrogen-bond donors (Lipinski definition) is 1. The molecule has 0 spiro atoms. The molecule has 0 rings (SSSR count). The molecule has 0 aliphatic heterocycles. The summed E-state index contributed by atoms with van der Waals surface area (Å²) in [5.74, 6) is 0.817. The van der Waals surface area contributed by atoms with Gasteiger partial charge in [-0.2, -0.15) is 0 Å². The van der Waals surface area contributed by atoms with Crippen LogP contribution in [0.1, 0.15) is 39.5 Å². The Labute approximate surface area is 119 Å². The molecule has 0 amide bonds. The molecule has 0 fully saturated rings. The lowest BCUT2D eigenvalue weighted by Crippen LogP contribution is -2.26. The highest BCUT2D eigenvalue weighted by molar-refractivity contribution is 4.60. The van der Waals surface area contributed by atoms with E-state index in [1.54, 1.807) is 7.11 Å². The van der Waals surface area contributed by atoms with E-state index in [1.807, 2.05) is 0 Å². The van der Waals surface area contributed by atoms with Crippen molar-refractivity contribution in [3.05, 3.63) is 0 Å². The van der Waals surface area contributed by atoms with Crippen LogP contribution in [0.3, 0.4) is 0 Å². The first-order valence-corrected chi connectivity index (χ1v) is 7.70. The van der Waals surface area contributed by atoms with Crippen LogP contribution in [0.2, 0.25) is 0 Å². The molecule has 4 heteroatoms. The van der Waals surface area contributed by atoms with Gasteiger partial charge in [-0.05, 0) is 18.9 Å². The second-order valence-electron chi connectivity index (χ2n) is 4.84. The van der Waals surface area contributed by atoms with E-state index < -0.39 is 0 Å². The minimum absolute atomic E-state index is 0.647. The van der Waals surface area contributed by atoms with Gasteiger partial charge in [0.05, 0.1) is 33.0 Å². The van der Waals surface area contributed by atoms with Crippen LogP contribution in [0.25, 0.3) is 0 Å². The number of hydrogen-bond acceptors (Lipinski definition) is 4. The largest absolute Gasteiger partial charge is 0.382 e. The standard InChI is InChI=1S/C15H33NO3/c1-4-6-7-15(5-2)14-16-8-9-18-12-13-19-11-10-17-3/h15-16H,4-14H2,1-3H3. The average Bonchev–Trinajstić information content (AvgIpc) is 2.44. The summed E-state index contributed by atoms with van der Waals surface area (Å²) in [4.78, 5) is 0. The molecule has 4 nitrogen and oxygen atoms in total. The molecule has 1 atom stereocenters. The van der Waals surface area contributed by atoms with Gasteiger partial charge >= 0.3 is 0 Å². The quantitative estimate of drug-likeness (QED) is 0.466. The van der Waals surface area contributed by atoms with E-state index in [1.165, 1.54) is 25.7 Å². The van der Waals surface area contributed by atoms with Crippen LogP contribution >= 0.6 is 0 Å². The van der Waals surface area contributed by atoms with Gasteiger partial charge < -0.3 is 19.5 Å². The second kappa shape index (κ2) is 15.9. The van der Waals surface area contributed by atoms with Crippen LogP contribution in [0.4, 0.5) is 0 Å². The first-order valence-electron chi connectivity index (χ1n) is 7.70. The third-order valence-corrected chi connectivity index (χ3v) is 3.20. The molecular formula is C15H33NO3. The van der Waals surface area contributed by atoms with Crippen molar-refractivity contribution in [1.82, 2.24) is 5.32 Å². The summed E-state index contributed by atoms with van der Waals surface area (Å²) < 4.78 is 15.7. The maximum Gasteiger partial charge on any atom is 0.0701 e. The molecule has 0 aliphatic carbocycles. The smallest absolute Gasteiger partial charge is 0.0701 e. The summed E-state index contributed by atoms with van der Waals surface area (Å²) in [6.45, 7) is 9.95. The van der Waals surface area contributed by atoms with Crippen molar-refractivity contribution in [2.45, 2.75) is 39.5 Å². The zero-order valence-corrected chi connectivity index (χ0v) is 13.1. The van der Waals surface area contributed by atoms with E-state index in [-0.39, 0.29) is 0 Å². The Bertz CT molecular complexity index is 167. The fourth-order valence-electron chi connectivity index (χ4n) is 1.86. The van der Waals surface area contributed by atoms with E-state index in [9.17, 15) is 0 Å². The Kier molecular flexibility index (Phi) is 15.8. The summed E-state index contributed by atoms with van der Waals surface area (Å²) in [6.07, 6.45) is 5.24. The molecule has 0 saturated heterocycles. The number of unbranched alkanes of at least 4 members (excludes halogenated alkanes) is 1. The Morgan fingerprint density at radius 1 is 0.947 bits per heavy atom. The molecule has 116 valence electrons. The zero-order valence-electron chi connectivity index (χ0n) is 13.1. The van der Waals surface area contributed by atoms with Gasteiger partial charge in [-0.1, -0.05) is 33.1 Å². The highest BCUT2D eigenvalue weighted by atomic mass is 16.5. The molecule has 1 N–H and O–H groups in total. The summed E-state index contributed by atoms with van der Waals surface area (Å²) >= 11 is 0. The van der Waals surface area contributed by atoms with Crippen LogP contribution in [0.15, 0.2) is 0 Å². The van der Waals surface area contributed by atoms with Crippen LogP contribution in [0.5, 0.6) is 0 Å². The van der Waals surface area contributed by atoms with E-state index >= 15 is 0 Å². The maximum absolute atomic E-state index is 5.48. The first-order chi connectivity index (χ1) is 9.35. The fraction of sp³-hybridized carbons (Fsp3) is 1.00. The number of nitrogens with one attached hydrogen (secondary N) is 1. The van der Waals surface area contributed by atoms with Gasteiger partial charge in [0.25, 0.3) is 0 Å². The van der Waals surface area contributed by atoms with Gasteiger partial charge in [-0.15, -0.1) is 0 Å². The van der Waals surface area contributed by atoms with Gasteiger partial charge in [0.15, 0.2) is 0 Å². The molecule has 0 aromatic heterocycles. The minimum atomic E-state index is 0.647. The van der Waals surface area contributed by atoms with Crippen LogP contribution < -0.4 is 5.32 Å². The molecule has 0 heterocycles. The number of methoxy groups -OCH3 is 1. The maximum atomic E-state index is 5.48. The number of rotatable bonds is 15. The lowest BCUT2D eigenvalue weighted by atomic mass is 9.99. The van der Waals surface area contributed by atoms with Crippen molar-refractivity contribution < 1.29 is 14.2 Å². The molecule has 0 aliphatic rings. The van der Waals surface area contributed by atoms with Gasteiger partial charge in [-0.25, -0.2) is 0 Å². The molecule has 19 heavy (non-hydrogen) atoms. The Balaban J connectivity index is 3.16. The molecule has 0 aromatic carbocycles. The van der Waals surface area contributed by atoms with Crippen molar-refractivity contribution in [1.29, 1.82) is 0 Å². The third kappa shape index (κ3) is 14.1. The highest BCUT2D eigenvalue weighted by Crippen LogP contribution is 2.10. The molecule has 0 bridgehead atoms. The molecule has 0 radical (unpaired) electrons. The van der Waals surface area contributed by atoms with Crippen molar-refractivity contribution in [2.75, 3.05) is 53.2 Å². The lowest BCUT2D eigenvalue weighted by Gasteiger charge is -2.15. The minimum Gasteiger partial charge on any atom is -0.382 e. The SMILES string of the molecule is CCCCC(CC)CNCCOCCOCCOC. The first kappa shape index (κ1) is 18.8. The monoisotopic (exact) mass is 275 g/mol. The van der Waals surface area contributed by atoms with Crippen LogP contribution in [-0.4, -0.2) is 53.2 Å². The van der Waals surface area contributed by atoms with Gasteiger partial charge in [-0.3, -0.25) is 0 Å². The van der Waals surface area contributed by atoms with Gasteiger partial charge in [0.2, 0.25) is 0 Å². The average molecular weight is 275 g/mol. The molecule has 1 unspecified atom stereocenters. The van der Waals surface area contributed by atoms with E-state index in [2.05, 4.69) is 19.2 Å². The summed E-state index contributed by atoms with van der Waals surface area (Å²) in [6, 6.07) is 0. The Morgan fingerprint density at radius 2 is 1.63 bits per heavy atom. The predicted molar refractivity (Wildman–Crippen MR) is 79.7 cm³/mol. The Hall–Kier alpha value is -0.160. The fourth-order valence-corrected chi connectivity index (χ4v) is 1.86. The summed E-state index contributed by atoms with van der Waals surface area (Å²) in [7, 11) is 1.68. The topological polar surface area (TPSA) is 39.7 Å². The molecule has 0 saturated carbocycles. The molecule has 0 aromatic rings. The second-order valence-corrected chi connectivity index (χ2v) is 4.84.